The Morgan fingerprint density at radius 1 is 1.07 bits per heavy atom. The van der Waals surface area contributed by atoms with Crippen LogP contribution in [-0.4, -0.2) is 36.1 Å². The van der Waals surface area contributed by atoms with Gasteiger partial charge in [0.1, 0.15) is 6.04 Å². The van der Waals surface area contributed by atoms with Crippen LogP contribution in [0.2, 0.25) is 0 Å². The number of amidine groups is 1. The maximum atomic E-state index is 12.6. The molecular weight excluding hydrogens is 370 g/mol. The van der Waals surface area contributed by atoms with E-state index in [4.69, 9.17) is 15.7 Å². The molecule has 0 aliphatic rings. The molecule has 0 radical (unpaired) electrons. The van der Waals surface area contributed by atoms with Crippen molar-refractivity contribution in [1.29, 1.82) is 0 Å². The number of ether oxygens (including phenoxy) is 1. The zero-order valence-corrected chi connectivity index (χ0v) is 17.1. The summed E-state index contributed by atoms with van der Waals surface area (Å²) in [6, 6.07) is 13.3. The number of nitrogens with one attached hydrogen (secondary N) is 1. The molecule has 2 aromatic carbocycles. The number of carbonyl (C=O) groups is 2. The van der Waals surface area contributed by atoms with Crippen molar-refractivity contribution >= 4 is 17.7 Å². The molecule has 1 amide bonds. The molecule has 0 aromatic heterocycles. The average Bonchev–Trinajstić information content (AvgIpc) is 2.72. The molecule has 0 aliphatic carbocycles. The van der Waals surface area contributed by atoms with Gasteiger partial charge in [-0.3, -0.25) is 4.79 Å². The minimum atomic E-state index is -0.843. The highest BCUT2D eigenvalue weighted by Crippen LogP contribution is 2.22. The van der Waals surface area contributed by atoms with E-state index < -0.39 is 12.0 Å². The van der Waals surface area contributed by atoms with Crippen molar-refractivity contribution in [3.05, 3.63) is 70.8 Å². The summed E-state index contributed by atoms with van der Waals surface area (Å²) in [5.74, 6) is -0.896. The minimum absolute atomic E-state index is 0.00641. The normalized spacial score (nSPS) is 12.9. The van der Waals surface area contributed by atoms with Crippen LogP contribution in [0.15, 0.2) is 53.7 Å². The van der Waals surface area contributed by atoms with E-state index in [0.29, 0.717) is 11.1 Å². The first-order valence-electron chi connectivity index (χ1n) is 9.21. The molecular formula is C22H27N3O4. The quantitative estimate of drug-likeness (QED) is 0.228. The number of rotatable bonds is 6. The molecule has 0 saturated heterocycles. The van der Waals surface area contributed by atoms with Crippen LogP contribution < -0.4 is 11.1 Å². The van der Waals surface area contributed by atoms with E-state index in [9.17, 15) is 9.59 Å². The first-order chi connectivity index (χ1) is 13.7. The number of oxime groups is 1. The van der Waals surface area contributed by atoms with Crippen LogP contribution in [0.25, 0.3) is 0 Å². The third kappa shape index (κ3) is 5.81. The summed E-state index contributed by atoms with van der Waals surface area (Å²) in [6.45, 7) is 6.29. The van der Waals surface area contributed by atoms with Crippen molar-refractivity contribution < 1.29 is 19.5 Å². The number of methoxy groups -OCH3 is 1. The second-order valence-corrected chi connectivity index (χ2v) is 7.76. The lowest BCUT2D eigenvalue weighted by Crippen LogP contribution is -2.43. The highest BCUT2D eigenvalue weighted by molar-refractivity contribution is 5.97. The van der Waals surface area contributed by atoms with Gasteiger partial charge < -0.3 is 21.0 Å². The zero-order valence-electron chi connectivity index (χ0n) is 17.1. The fourth-order valence-electron chi connectivity index (χ4n) is 2.80. The molecule has 0 spiro atoms. The lowest BCUT2D eigenvalue weighted by molar-refractivity contribution is -0.142. The minimum Gasteiger partial charge on any atom is -0.467 e. The van der Waals surface area contributed by atoms with Crippen molar-refractivity contribution in [1.82, 2.24) is 5.32 Å². The number of carbonyl (C=O) groups excluding carboxylic acids is 2. The molecule has 2 rings (SSSR count). The topological polar surface area (TPSA) is 114 Å². The molecule has 0 saturated carbocycles. The highest BCUT2D eigenvalue weighted by atomic mass is 16.5. The second kappa shape index (κ2) is 9.23. The van der Waals surface area contributed by atoms with E-state index in [1.807, 2.05) is 12.1 Å². The number of nitrogens with zero attached hydrogens (tertiary/aromatic N) is 1. The Labute approximate surface area is 170 Å². The van der Waals surface area contributed by atoms with E-state index in [2.05, 4.69) is 31.2 Å². The summed E-state index contributed by atoms with van der Waals surface area (Å²) in [6.07, 6.45) is 0.245. The number of benzene rings is 2. The Kier molecular flexibility index (Phi) is 6.98. The number of amides is 1. The summed E-state index contributed by atoms with van der Waals surface area (Å²) >= 11 is 0. The first kappa shape index (κ1) is 21.9. The molecule has 2 aromatic rings. The highest BCUT2D eigenvalue weighted by Gasteiger charge is 2.23. The van der Waals surface area contributed by atoms with E-state index in [1.54, 1.807) is 36.4 Å². The number of nitrogens with two attached hydrogens (primary N) is 1. The van der Waals surface area contributed by atoms with Gasteiger partial charge >= 0.3 is 5.97 Å². The molecule has 0 heterocycles. The summed E-state index contributed by atoms with van der Waals surface area (Å²) in [5.41, 5.74) is 8.46. The smallest absolute Gasteiger partial charge is 0.328 e. The average molecular weight is 397 g/mol. The first-order valence-corrected chi connectivity index (χ1v) is 9.21. The largest absolute Gasteiger partial charge is 0.467 e. The number of hydrogen-bond acceptors (Lipinski definition) is 5. The van der Waals surface area contributed by atoms with Gasteiger partial charge in [0.15, 0.2) is 5.84 Å². The van der Waals surface area contributed by atoms with Gasteiger partial charge in [0.25, 0.3) is 5.91 Å². The van der Waals surface area contributed by atoms with Gasteiger partial charge in [-0.2, -0.15) is 0 Å². The van der Waals surface area contributed by atoms with E-state index in [0.717, 1.165) is 11.1 Å². The molecule has 154 valence electrons. The Bertz CT molecular complexity index is 882. The summed E-state index contributed by atoms with van der Waals surface area (Å²) < 4.78 is 4.84. The van der Waals surface area contributed by atoms with Crippen LogP contribution in [0.4, 0.5) is 0 Å². The van der Waals surface area contributed by atoms with Crippen molar-refractivity contribution in [3.63, 3.8) is 0 Å². The van der Waals surface area contributed by atoms with Crippen molar-refractivity contribution in [3.8, 4) is 0 Å². The standard InChI is InChI=1S/C22H27N3O4/c1-22(2,3)17-11-9-16(10-12-17)20(26)24-18(21(27)29-4)13-14-5-7-15(8-6-14)19(23)25-28/h5-12,18,28H,13H2,1-4H3,(H2,23,25)(H,24,26)/t18-/m0/s1. The van der Waals surface area contributed by atoms with Crippen LogP contribution in [0, 0.1) is 0 Å². The fourth-order valence-corrected chi connectivity index (χ4v) is 2.80. The van der Waals surface area contributed by atoms with Crippen LogP contribution in [0.5, 0.6) is 0 Å². The van der Waals surface area contributed by atoms with Crippen LogP contribution in [0.3, 0.4) is 0 Å². The molecule has 0 aliphatic heterocycles. The summed E-state index contributed by atoms with van der Waals surface area (Å²) in [7, 11) is 1.28. The Morgan fingerprint density at radius 2 is 1.62 bits per heavy atom. The lowest BCUT2D eigenvalue weighted by Gasteiger charge is -2.20. The van der Waals surface area contributed by atoms with Crippen LogP contribution in [-0.2, 0) is 21.4 Å². The maximum Gasteiger partial charge on any atom is 0.328 e. The van der Waals surface area contributed by atoms with Crippen LogP contribution >= 0.6 is 0 Å². The van der Waals surface area contributed by atoms with Crippen molar-refractivity contribution in [2.45, 2.75) is 38.6 Å². The van der Waals surface area contributed by atoms with Gasteiger partial charge in [0.05, 0.1) is 7.11 Å². The molecule has 7 nitrogen and oxygen atoms in total. The second-order valence-electron chi connectivity index (χ2n) is 7.76. The van der Waals surface area contributed by atoms with Gasteiger partial charge in [0, 0.05) is 17.5 Å². The fraction of sp³-hybridized carbons (Fsp3) is 0.318. The lowest BCUT2D eigenvalue weighted by atomic mass is 9.86. The molecule has 1 atom stereocenters. The molecule has 0 unspecified atom stereocenters. The Hall–Kier alpha value is -3.35. The van der Waals surface area contributed by atoms with Gasteiger partial charge in [0.2, 0.25) is 0 Å². The SMILES string of the molecule is COC(=O)[C@H](Cc1ccc(/C(N)=N/O)cc1)NC(=O)c1ccc(C(C)(C)C)cc1. The molecule has 29 heavy (non-hydrogen) atoms. The third-order valence-electron chi connectivity index (χ3n) is 4.60. The van der Waals surface area contributed by atoms with Crippen LogP contribution in [0.1, 0.15) is 47.8 Å². The van der Waals surface area contributed by atoms with E-state index in [1.165, 1.54) is 7.11 Å². The van der Waals surface area contributed by atoms with E-state index in [-0.39, 0.29) is 23.6 Å². The number of esters is 1. The van der Waals surface area contributed by atoms with E-state index >= 15 is 0 Å². The van der Waals surface area contributed by atoms with Gasteiger partial charge in [-0.15, -0.1) is 0 Å². The molecule has 0 bridgehead atoms. The molecule has 0 fully saturated rings. The van der Waals surface area contributed by atoms with Gasteiger partial charge in [-0.05, 0) is 28.7 Å². The maximum absolute atomic E-state index is 12.6. The molecule has 7 heteroatoms. The van der Waals surface area contributed by atoms with Crippen molar-refractivity contribution in [2.24, 2.45) is 10.9 Å². The predicted octanol–water partition coefficient (Wildman–Crippen LogP) is 2.59. The van der Waals surface area contributed by atoms with Gasteiger partial charge in [-0.25, -0.2) is 4.79 Å². The zero-order chi connectivity index (χ0) is 21.6. The summed E-state index contributed by atoms with van der Waals surface area (Å²) in [5, 5.41) is 14.4. The summed E-state index contributed by atoms with van der Waals surface area (Å²) in [4.78, 5) is 24.8. The van der Waals surface area contributed by atoms with Crippen molar-refractivity contribution in [2.75, 3.05) is 7.11 Å². The Morgan fingerprint density at radius 3 is 2.10 bits per heavy atom. The number of hydrogen-bond donors (Lipinski definition) is 3. The Balaban J connectivity index is 2.14. The monoisotopic (exact) mass is 397 g/mol. The van der Waals surface area contributed by atoms with Gasteiger partial charge in [-0.1, -0.05) is 62.3 Å². The third-order valence-corrected chi connectivity index (χ3v) is 4.60. The molecule has 4 N–H and O–H groups in total. The predicted molar refractivity (Wildman–Crippen MR) is 111 cm³/mol.